The zero-order chi connectivity index (χ0) is 14.8. The Labute approximate surface area is 133 Å². The summed E-state index contributed by atoms with van der Waals surface area (Å²) in [5.74, 6) is -0.516. The van der Waals surface area contributed by atoms with Crippen molar-refractivity contribution in [2.24, 2.45) is 0 Å². The molecule has 21 heavy (non-hydrogen) atoms. The third-order valence-corrected chi connectivity index (χ3v) is 3.59. The zero-order valence-electron chi connectivity index (χ0n) is 10.6. The molecule has 0 saturated carbocycles. The summed E-state index contributed by atoms with van der Waals surface area (Å²) in [5, 5.41) is 20.9. The molecule has 0 aliphatic heterocycles. The Bertz CT molecular complexity index is 802. The van der Waals surface area contributed by atoms with Gasteiger partial charge in [0.05, 0.1) is 11.3 Å². The Balaban J connectivity index is 2.20. The smallest absolute Gasteiger partial charge is 0.337 e. The average molecular weight is 392 g/mol. The molecule has 0 fully saturated rings. The fourth-order valence-electron chi connectivity index (χ4n) is 1.98. The first-order chi connectivity index (χ1) is 10.2. The van der Waals surface area contributed by atoms with E-state index < -0.39 is 5.97 Å². The maximum Gasteiger partial charge on any atom is 0.337 e. The van der Waals surface area contributed by atoms with Crippen LogP contribution in [0, 0.1) is 3.57 Å². The van der Waals surface area contributed by atoms with E-state index in [0.29, 0.717) is 11.5 Å². The molecule has 0 unspecified atom stereocenters. The molecular formula is C14H9IN4O2. The van der Waals surface area contributed by atoms with Gasteiger partial charge in [-0.15, -0.1) is 5.10 Å². The van der Waals surface area contributed by atoms with E-state index in [1.54, 1.807) is 12.1 Å². The summed E-state index contributed by atoms with van der Waals surface area (Å²) >= 11 is 2.07. The highest BCUT2D eigenvalue weighted by Gasteiger charge is 2.17. The number of carboxylic acids is 1. The maximum absolute atomic E-state index is 11.4. The number of benzene rings is 2. The van der Waals surface area contributed by atoms with Crippen LogP contribution in [0.25, 0.3) is 17.1 Å². The normalized spacial score (nSPS) is 10.5. The first kappa shape index (κ1) is 13.7. The van der Waals surface area contributed by atoms with E-state index in [1.807, 2.05) is 36.4 Å². The maximum atomic E-state index is 11.4. The van der Waals surface area contributed by atoms with Crippen LogP contribution in [0.1, 0.15) is 10.4 Å². The summed E-state index contributed by atoms with van der Waals surface area (Å²) in [6, 6.07) is 14.5. The SMILES string of the molecule is O=C(O)c1cc(I)ccc1-n1nnnc1-c1ccccc1. The van der Waals surface area contributed by atoms with Crippen LogP contribution in [-0.2, 0) is 0 Å². The Kier molecular flexibility index (Phi) is 3.65. The lowest BCUT2D eigenvalue weighted by Gasteiger charge is -2.08. The number of rotatable bonds is 3. The Hall–Kier alpha value is -2.29. The lowest BCUT2D eigenvalue weighted by atomic mass is 10.1. The van der Waals surface area contributed by atoms with Crippen molar-refractivity contribution in [3.63, 3.8) is 0 Å². The molecule has 0 spiro atoms. The lowest BCUT2D eigenvalue weighted by molar-refractivity contribution is 0.0696. The van der Waals surface area contributed by atoms with Crippen molar-refractivity contribution in [3.05, 3.63) is 57.7 Å². The highest BCUT2D eigenvalue weighted by Crippen LogP contribution is 2.23. The highest BCUT2D eigenvalue weighted by atomic mass is 127. The molecule has 0 aliphatic carbocycles. The van der Waals surface area contributed by atoms with Crippen LogP contribution in [-0.4, -0.2) is 31.3 Å². The van der Waals surface area contributed by atoms with Crippen LogP contribution in [0.2, 0.25) is 0 Å². The summed E-state index contributed by atoms with van der Waals surface area (Å²) in [4.78, 5) is 11.4. The molecule has 3 rings (SSSR count). The van der Waals surface area contributed by atoms with Crippen molar-refractivity contribution < 1.29 is 9.90 Å². The third kappa shape index (κ3) is 2.64. The van der Waals surface area contributed by atoms with Crippen LogP contribution in [0.3, 0.4) is 0 Å². The minimum absolute atomic E-state index is 0.159. The van der Waals surface area contributed by atoms with E-state index in [9.17, 15) is 9.90 Å². The molecule has 0 bridgehead atoms. The number of hydrogen-bond acceptors (Lipinski definition) is 4. The molecular weight excluding hydrogens is 383 g/mol. The van der Waals surface area contributed by atoms with Crippen LogP contribution in [0.5, 0.6) is 0 Å². The van der Waals surface area contributed by atoms with Gasteiger partial charge >= 0.3 is 5.97 Å². The predicted octanol–water partition coefficient (Wildman–Crippen LogP) is 2.63. The topological polar surface area (TPSA) is 80.9 Å². The van der Waals surface area contributed by atoms with Crippen molar-refractivity contribution in [2.75, 3.05) is 0 Å². The van der Waals surface area contributed by atoms with Crippen molar-refractivity contribution >= 4 is 28.6 Å². The second kappa shape index (κ2) is 5.60. The van der Waals surface area contributed by atoms with E-state index in [0.717, 1.165) is 9.13 Å². The monoisotopic (exact) mass is 392 g/mol. The van der Waals surface area contributed by atoms with Crippen molar-refractivity contribution in [1.29, 1.82) is 0 Å². The molecule has 0 amide bonds. The van der Waals surface area contributed by atoms with Crippen molar-refractivity contribution in [3.8, 4) is 17.1 Å². The molecule has 2 aromatic carbocycles. The van der Waals surface area contributed by atoms with Gasteiger partial charge in [0.2, 0.25) is 0 Å². The van der Waals surface area contributed by atoms with E-state index in [-0.39, 0.29) is 5.56 Å². The van der Waals surface area contributed by atoms with E-state index in [1.165, 1.54) is 4.68 Å². The van der Waals surface area contributed by atoms with Gasteiger partial charge in [0.1, 0.15) is 0 Å². The van der Waals surface area contributed by atoms with E-state index in [4.69, 9.17) is 0 Å². The van der Waals surface area contributed by atoms with Crippen LogP contribution in [0.15, 0.2) is 48.5 Å². The predicted molar refractivity (Wildman–Crippen MR) is 84.3 cm³/mol. The minimum Gasteiger partial charge on any atom is -0.478 e. The number of hydrogen-bond donors (Lipinski definition) is 1. The first-order valence-corrected chi connectivity index (χ1v) is 7.12. The molecule has 7 heteroatoms. The molecule has 0 atom stereocenters. The van der Waals surface area contributed by atoms with Gasteiger partial charge in [-0.1, -0.05) is 30.3 Å². The molecule has 0 saturated heterocycles. The van der Waals surface area contributed by atoms with Gasteiger partial charge in [-0.3, -0.25) is 0 Å². The molecule has 1 aromatic heterocycles. The third-order valence-electron chi connectivity index (χ3n) is 2.92. The zero-order valence-corrected chi connectivity index (χ0v) is 12.8. The van der Waals surface area contributed by atoms with E-state index in [2.05, 4.69) is 38.1 Å². The number of nitrogens with zero attached hydrogens (tertiary/aromatic N) is 4. The van der Waals surface area contributed by atoms with Gasteiger partial charge < -0.3 is 5.11 Å². The van der Waals surface area contributed by atoms with Crippen molar-refractivity contribution in [2.45, 2.75) is 0 Å². The number of tetrazole rings is 1. The first-order valence-electron chi connectivity index (χ1n) is 6.04. The van der Waals surface area contributed by atoms with Gasteiger partial charge in [-0.2, -0.15) is 4.68 Å². The van der Waals surface area contributed by atoms with Crippen LogP contribution >= 0.6 is 22.6 Å². The van der Waals surface area contributed by atoms with Crippen LogP contribution in [0.4, 0.5) is 0 Å². The van der Waals surface area contributed by atoms with Gasteiger partial charge in [0.25, 0.3) is 0 Å². The summed E-state index contributed by atoms with van der Waals surface area (Å²) in [6.45, 7) is 0. The second-order valence-electron chi connectivity index (χ2n) is 4.25. The number of carboxylic acid groups (broad SMARTS) is 1. The van der Waals surface area contributed by atoms with Gasteiger partial charge in [0.15, 0.2) is 5.82 Å². The van der Waals surface area contributed by atoms with Crippen molar-refractivity contribution in [1.82, 2.24) is 20.2 Å². The van der Waals surface area contributed by atoms with Gasteiger partial charge in [0, 0.05) is 9.13 Å². The summed E-state index contributed by atoms with van der Waals surface area (Å²) < 4.78 is 2.28. The Morgan fingerprint density at radius 1 is 1.14 bits per heavy atom. The molecule has 104 valence electrons. The number of aromatic nitrogens is 4. The molecule has 0 aliphatic rings. The van der Waals surface area contributed by atoms with E-state index >= 15 is 0 Å². The molecule has 0 radical (unpaired) electrons. The fourth-order valence-corrected chi connectivity index (χ4v) is 2.47. The molecule has 6 nitrogen and oxygen atoms in total. The number of aromatic carboxylic acids is 1. The Morgan fingerprint density at radius 2 is 1.90 bits per heavy atom. The highest BCUT2D eigenvalue weighted by molar-refractivity contribution is 14.1. The number of halogens is 1. The minimum atomic E-state index is -1.02. The largest absolute Gasteiger partial charge is 0.478 e. The Morgan fingerprint density at radius 3 is 2.62 bits per heavy atom. The van der Waals surface area contributed by atoms with Gasteiger partial charge in [-0.25, -0.2) is 4.79 Å². The lowest BCUT2D eigenvalue weighted by Crippen LogP contribution is -2.08. The standard InChI is InChI=1S/C14H9IN4O2/c15-10-6-7-12(11(8-10)14(20)21)19-13(16-17-18-19)9-4-2-1-3-5-9/h1-8H,(H,20,21). The van der Waals surface area contributed by atoms with Gasteiger partial charge in [-0.05, 0) is 51.2 Å². The van der Waals surface area contributed by atoms with Crippen LogP contribution < -0.4 is 0 Å². The summed E-state index contributed by atoms with van der Waals surface area (Å²) in [6.07, 6.45) is 0. The second-order valence-corrected chi connectivity index (χ2v) is 5.49. The average Bonchev–Trinajstić information content (AvgIpc) is 2.97. The quantitative estimate of drug-likeness (QED) is 0.694. The fraction of sp³-hybridized carbons (Fsp3) is 0. The molecule has 3 aromatic rings. The molecule has 1 heterocycles. The summed E-state index contributed by atoms with van der Waals surface area (Å²) in [5.41, 5.74) is 1.41. The summed E-state index contributed by atoms with van der Waals surface area (Å²) in [7, 11) is 0. The number of carbonyl (C=O) groups is 1. The molecule has 1 N–H and O–H groups in total.